The van der Waals surface area contributed by atoms with Crippen molar-refractivity contribution in [3.63, 3.8) is 0 Å². The molecule has 0 radical (unpaired) electrons. The van der Waals surface area contributed by atoms with Crippen molar-refractivity contribution in [2.45, 2.75) is 94.5 Å². The summed E-state index contributed by atoms with van der Waals surface area (Å²) in [6.07, 6.45) is -5.20. The van der Waals surface area contributed by atoms with E-state index in [0.717, 1.165) is 26.2 Å². The van der Waals surface area contributed by atoms with E-state index in [1.165, 1.54) is 6.92 Å². The normalized spacial score (nSPS) is 32.9. The number of rotatable bonds is 5. The quantitative estimate of drug-likeness (QED) is 0.471. The first-order valence-corrected chi connectivity index (χ1v) is 11.5. The number of aliphatic hydroxyl groups excluding tert-OH is 2. The number of fused-ring (bicyclic) bond motifs is 1. The van der Waals surface area contributed by atoms with E-state index >= 15 is 0 Å². The van der Waals surface area contributed by atoms with E-state index in [1.807, 2.05) is 0 Å². The fourth-order valence-electron chi connectivity index (χ4n) is 4.98. The Labute approximate surface area is 197 Å². The molecule has 3 fully saturated rings. The molecule has 2 aliphatic carbocycles. The van der Waals surface area contributed by atoms with E-state index in [0.29, 0.717) is 18.4 Å². The molecule has 2 saturated carbocycles. The van der Waals surface area contributed by atoms with Gasteiger partial charge in [0.2, 0.25) is 6.10 Å². The molecule has 0 bridgehead atoms. The van der Waals surface area contributed by atoms with Crippen molar-refractivity contribution < 1.29 is 48.3 Å². The average Bonchev–Trinajstić information content (AvgIpc) is 3.17. The predicted octanol–water partition coefficient (Wildman–Crippen LogP) is 1.31. The number of benzene rings is 1. The average molecular weight is 478 g/mol. The van der Waals surface area contributed by atoms with Crippen LogP contribution in [0, 0.1) is 0 Å². The van der Waals surface area contributed by atoms with Crippen molar-refractivity contribution in [3.8, 4) is 0 Å². The second-order valence-electron chi connectivity index (χ2n) is 8.99. The van der Waals surface area contributed by atoms with E-state index in [1.54, 1.807) is 30.3 Å². The summed E-state index contributed by atoms with van der Waals surface area (Å²) in [7, 11) is 0. The van der Waals surface area contributed by atoms with E-state index in [4.69, 9.17) is 23.7 Å². The van der Waals surface area contributed by atoms with Gasteiger partial charge in [-0.2, -0.15) is 0 Å². The molecule has 0 aromatic heterocycles. The Hall–Kier alpha value is -2.53. The summed E-state index contributed by atoms with van der Waals surface area (Å²) >= 11 is 0. The molecule has 4 rings (SSSR count). The van der Waals surface area contributed by atoms with Gasteiger partial charge in [0.1, 0.15) is 24.4 Å². The van der Waals surface area contributed by atoms with Crippen LogP contribution >= 0.6 is 0 Å². The fraction of sp³-hybridized carbons (Fsp3) is 0.625. The van der Waals surface area contributed by atoms with E-state index < -0.39 is 66.4 Å². The maximum Gasteiger partial charge on any atom is 0.352 e. The molecule has 2 N–H and O–H groups in total. The lowest BCUT2D eigenvalue weighted by Gasteiger charge is -2.42. The van der Waals surface area contributed by atoms with Gasteiger partial charge in [0, 0.05) is 32.3 Å². The lowest BCUT2D eigenvalue weighted by molar-refractivity contribution is -0.226. The third-order valence-electron chi connectivity index (χ3n) is 6.47. The lowest BCUT2D eigenvalue weighted by atomic mass is 9.84. The lowest BCUT2D eigenvalue weighted by Crippen LogP contribution is -2.64. The Morgan fingerprint density at radius 1 is 0.882 bits per heavy atom. The molecule has 1 heterocycles. The molecule has 0 amide bonds. The Balaban J connectivity index is 1.64. The minimum Gasteiger partial charge on any atom is -0.456 e. The topological polar surface area (TPSA) is 138 Å². The molecule has 1 saturated heterocycles. The van der Waals surface area contributed by atoms with Crippen LogP contribution in [0.2, 0.25) is 0 Å². The summed E-state index contributed by atoms with van der Waals surface area (Å²) in [6.45, 7) is 2.31. The van der Waals surface area contributed by atoms with Gasteiger partial charge in [-0.15, -0.1) is 0 Å². The Bertz CT molecular complexity index is 896. The largest absolute Gasteiger partial charge is 0.456 e. The van der Waals surface area contributed by atoms with Crippen molar-refractivity contribution in [1.29, 1.82) is 0 Å². The molecule has 3 aliphatic rings. The van der Waals surface area contributed by atoms with Crippen LogP contribution in [-0.4, -0.2) is 70.5 Å². The molecule has 0 unspecified atom stereocenters. The third-order valence-corrected chi connectivity index (χ3v) is 6.47. The molecule has 34 heavy (non-hydrogen) atoms. The Kier molecular flexibility index (Phi) is 7.22. The van der Waals surface area contributed by atoms with Crippen molar-refractivity contribution in [2.75, 3.05) is 0 Å². The highest BCUT2D eigenvalue weighted by Gasteiger charge is 2.62. The van der Waals surface area contributed by atoms with E-state index in [9.17, 15) is 24.6 Å². The van der Waals surface area contributed by atoms with Gasteiger partial charge in [-0.05, 0) is 12.8 Å². The minimum atomic E-state index is -1.59. The first kappa shape index (κ1) is 24.6. The van der Waals surface area contributed by atoms with Gasteiger partial charge in [-0.3, -0.25) is 9.59 Å². The van der Waals surface area contributed by atoms with Gasteiger partial charge in [0.15, 0.2) is 18.0 Å². The maximum atomic E-state index is 13.2. The minimum absolute atomic E-state index is 0.382. The highest BCUT2D eigenvalue weighted by Crippen LogP contribution is 2.46. The Morgan fingerprint density at radius 3 is 2.15 bits per heavy atom. The monoisotopic (exact) mass is 478 g/mol. The van der Waals surface area contributed by atoms with Crippen LogP contribution in [-0.2, 0) is 38.1 Å². The number of carbonyl (C=O) groups excluding carboxylic acids is 3. The second-order valence-corrected chi connectivity index (χ2v) is 8.99. The number of aliphatic hydroxyl groups is 2. The zero-order chi connectivity index (χ0) is 24.5. The molecule has 10 heteroatoms. The highest BCUT2D eigenvalue weighted by molar-refractivity contribution is 5.80. The fourth-order valence-corrected chi connectivity index (χ4v) is 4.98. The van der Waals surface area contributed by atoms with Gasteiger partial charge in [-0.25, -0.2) is 4.79 Å². The van der Waals surface area contributed by atoms with Crippen LogP contribution in [0.1, 0.15) is 57.6 Å². The molecular weight excluding hydrogens is 448 g/mol. The van der Waals surface area contributed by atoms with Crippen LogP contribution in [0.5, 0.6) is 0 Å². The smallest absolute Gasteiger partial charge is 0.352 e. The summed E-state index contributed by atoms with van der Waals surface area (Å²) in [4.78, 5) is 36.7. The van der Waals surface area contributed by atoms with Crippen molar-refractivity contribution in [1.82, 2.24) is 0 Å². The summed E-state index contributed by atoms with van der Waals surface area (Å²) in [5.41, 5.74) is 0.382. The summed E-state index contributed by atoms with van der Waals surface area (Å²) in [5, 5.41) is 21.5. The van der Waals surface area contributed by atoms with Crippen LogP contribution < -0.4 is 0 Å². The zero-order valence-electron chi connectivity index (χ0n) is 19.1. The van der Waals surface area contributed by atoms with Crippen LogP contribution in [0.3, 0.4) is 0 Å². The molecule has 1 aromatic rings. The van der Waals surface area contributed by atoms with E-state index in [-0.39, 0.29) is 0 Å². The third kappa shape index (κ3) is 4.95. The first-order chi connectivity index (χ1) is 16.2. The van der Waals surface area contributed by atoms with Gasteiger partial charge < -0.3 is 33.9 Å². The predicted molar refractivity (Wildman–Crippen MR) is 114 cm³/mol. The van der Waals surface area contributed by atoms with Crippen molar-refractivity contribution in [2.24, 2.45) is 0 Å². The molecule has 1 aliphatic heterocycles. The van der Waals surface area contributed by atoms with Crippen LogP contribution in [0.15, 0.2) is 30.3 Å². The number of carbonyl (C=O) groups is 3. The second kappa shape index (κ2) is 9.99. The SMILES string of the molecule is CC(=O)O[C@H]1[C@H](O)[C@@H](O)[C@H]2OC3(CCCCC3)O[C@H]2[C@@H]1OC(=O)[C@@H](OC(C)=O)c1ccccc1. The highest BCUT2D eigenvalue weighted by atomic mass is 16.8. The molecule has 186 valence electrons. The Morgan fingerprint density at radius 2 is 1.53 bits per heavy atom. The summed E-state index contributed by atoms with van der Waals surface area (Å²) in [6, 6.07) is 8.31. The molecule has 1 aromatic carbocycles. The zero-order valence-corrected chi connectivity index (χ0v) is 19.1. The first-order valence-electron chi connectivity index (χ1n) is 11.5. The van der Waals surface area contributed by atoms with Crippen molar-refractivity contribution in [3.05, 3.63) is 35.9 Å². The van der Waals surface area contributed by atoms with Gasteiger partial charge >= 0.3 is 17.9 Å². The molecule has 1 spiro atoms. The van der Waals surface area contributed by atoms with E-state index in [2.05, 4.69) is 0 Å². The number of esters is 3. The number of hydrogen-bond donors (Lipinski definition) is 2. The summed E-state index contributed by atoms with van der Waals surface area (Å²) < 4.78 is 28.5. The van der Waals surface area contributed by atoms with Gasteiger partial charge in [0.05, 0.1) is 0 Å². The number of ether oxygens (including phenoxy) is 5. The van der Waals surface area contributed by atoms with Crippen LogP contribution in [0.4, 0.5) is 0 Å². The maximum absolute atomic E-state index is 13.2. The van der Waals surface area contributed by atoms with Crippen LogP contribution in [0.25, 0.3) is 0 Å². The molecule has 7 atom stereocenters. The van der Waals surface area contributed by atoms with Gasteiger partial charge in [-0.1, -0.05) is 36.8 Å². The van der Waals surface area contributed by atoms with Crippen molar-refractivity contribution >= 4 is 17.9 Å². The molecule has 10 nitrogen and oxygen atoms in total. The standard InChI is InChI=1S/C24H30O10/c1-13(25)30-18(15-9-5-3-6-10-15)23(29)32-21-19(31-14(2)26)16(27)17(28)20-22(21)34-24(33-20)11-7-4-8-12-24/h3,5-6,9-10,16-22,27-28H,4,7-8,11-12H2,1-2H3/t16-,17-,18+,19+,20-,21-,22-/m1/s1. The molecular formula is C24H30O10. The summed E-state index contributed by atoms with van der Waals surface area (Å²) in [5.74, 6) is -3.33. The van der Waals surface area contributed by atoms with Gasteiger partial charge in [0.25, 0.3) is 0 Å². The number of hydrogen-bond acceptors (Lipinski definition) is 10.